The first-order valence-corrected chi connectivity index (χ1v) is 5.28. The zero-order chi connectivity index (χ0) is 10.0. The van der Waals surface area contributed by atoms with Gasteiger partial charge in [-0.2, -0.15) is 0 Å². The third kappa shape index (κ3) is 1.91. The van der Waals surface area contributed by atoms with Crippen molar-refractivity contribution < 1.29 is 14.3 Å². The number of carbonyl (C=O) groups is 1. The van der Waals surface area contributed by atoms with Crippen LogP contribution in [0.5, 0.6) is 0 Å². The molecule has 2 fully saturated rings. The second-order valence-electron chi connectivity index (χ2n) is 4.23. The van der Waals surface area contributed by atoms with Crippen molar-refractivity contribution in [3.63, 3.8) is 0 Å². The van der Waals surface area contributed by atoms with Crippen LogP contribution in [0.25, 0.3) is 0 Å². The van der Waals surface area contributed by atoms with E-state index in [2.05, 4.69) is 0 Å². The molecular weight excluding hydrogens is 182 g/mol. The predicted octanol–water partition coefficient (Wildman–Crippen LogP) is 0.590. The molecule has 2 N–H and O–H groups in total. The zero-order valence-electron chi connectivity index (χ0n) is 8.33. The van der Waals surface area contributed by atoms with Crippen LogP contribution in [-0.2, 0) is 14.3 Å². The molecule has 1 saturated heterocycles. The van der Waals surface area contributed by atoms with Gasteiger partial charge < -0.3 is 15.2 Å². The van der Waals surface area contributed by atoms with E-state index in [0.717, 1.165) is 12.8 Å². The Morgan fingerprint density at radius 2 is 2.00 bits per heavy atom. The predicted molar refractivity (Wildman–Crippen MR) is 50.7 cm³/mol. The van der Waals surface area contributed by atoms with Crippen molar-refractivity contribution in [1.82, 2.24) is 0 Å². The molecule has 14 heavy (non-hydrogen) atoms. The second-order valence-corrected chi connectivity index (χ2v) is 4.23. The Labute approximate surface area is 83.7 Å². The molecule has 0 spiro atoms. The van der Waals surface area contributed by atoms with E-state index in [9.17, 15) is 4.79 Å². The smallest absolute Gasteiger partial charge is 0.326 e. The molecule has 0 aromatic heterocycles. The van der Waals surface area contributed by atoms with E-state index in [1.165, 1.54) is 6.42 Å². The van der Waals surface area contributed by atoms with Crippen molar-refractivity contribution >= 4 is 5.97 Å². The lowest BCUT2D eigenvalue weighted by molar-refractivity contribution is -0.163. The number of rotatable bonds is 2. The SMILES string of the molecule is NC1(C(=O)OC2CCC2)CCOCC1. The Balaban J connectivity index is 1.87. The minimum Gasteiger partial charge on any atom is -0.461 e. The van der Waals surface area contributed by atoms with Gasteiger partial charge in [-0.3, -0.25) is 4.79 Å². The summed E-state index contributed by atoms with van der Waals surface area (Å²) in [5.41, 5.74) is 5.19. The molecule has 0 bridgehead atoms. The molecule has 1 aliphatic carbocycles. The minimum absolute atomic E-state index is 0.130. The number of hydrogen-bond donors (Lipinski definition) is 1. The summed E-state index contributed by atoms with van der Waals surface area (Å²) in [5, 5.41) is 0. The number of ether oxygens (including phenoxy) is 2. The third-order valence-electron chi connectivity index (χ3n) is 3.12. The third-order valence-corrected chi connectivity index (χ3v) is 3.12. The fraction of sp³-hybridized carbons (Fsp3) is 0.900. The molecule has 0 amide bonds. The molecule has 2 aliphatic rings. The van der Waals surface area contributed by atoms with E-state index in [-0.39, 0.29) is 12.1 Å². The van der Waals surface area contributed by atoms with Crippen LogP contribution in [0.1, 0.15) is 32.1 Å². The molecule has 0 radical (unpaired) electrons. The fourth-order valence-corrected chi connectivity index (χ4v) is 1.70. The summed E-state index contributed by atoms with van der Waals surface area (Å²) >= 11 is 0. The summed E-state index contributed by atoms with van der Waals surface area (Å²) in [5.74, 6) is -0.231. The fourth-order valence-electron chi connectivity index (χ4n) is 1.70. The van der Waals surface area contributed by atoms with E-state index in [4.69, 9.17) is 15.2 Å². The van der Waals surface area contributed by atoms with Crippen molar-refractivity contribution in [2.24, 2.45) is 5.73 Å². The van der Waals surface area contributed by atoms with Crippen molar-refractivity contribution in [3.05, 3.63) is 0 Å². The largest absolute Gasteiger partial charge is 0.461 e. The first-order chi connectivity index (χ1) is 6.71. The molecule has 4 nitrogen and oxygen atoms in total. The van der Waals surface area contributed by atoms with Crippen molar-refractivity contribution in [2.45, 2.75) is 43.7 Å². The van der Waals surface area contributed by atoms with Crippen LogP contribution in [0.2, 0.25) is 0 Å². The van der Waals surface area contributed by atoms with Crippen LogP contribution in [0, 0.1) is 0 Å². The van der Waals surface area contributed by atoms with Gasteiger partial charge in [0.05, 0.1) is 0 Å². The molecule has 1 saturated carbocycles. The first kappa shape index (κ1) is 9.93. The molecule has 2 rings (SSSR count). The topological polar surface area (TPSA) is 61.6 Å². The number of carbonyl (C=O) groups excluding carboxylic acids is 1. The number of esters is 1. The maximum absolute atomic E-state index is 11.7. The Hall–Kier alpha value is -0.610. The normalized spacial score (nSPS) is 26.6. The Morgan fingerprint density at radius 1 is 1.36 bits per heavy atom. The van der Waals surface area contributed by atoms with Crippen molar-refractivity contribution in [3.8, 4) is 0 Å². The molecule has 80 valence electrons. The molecule has 4 heteroatoms. The van der Waals surface area contributed by atoms with Gasteiger partial charge in [-0.15, -0.1) is 0 Å². The zero-order valence-corrected chi connectivity index (χ0v) is 8.33. The summed E-state index contributed by atoms with van der Waals surface area (Å²) < 4.78 is 10.5. The molecule has 1 heterocycles. The summed E-state index contributed by atoms with van der Waals surface area (Å²) in [6.07, 6.45) is 4.46. The molecule has 1 aliphatic heterocycles. The van der Waals surface area contributed by atoms with E-state index < -0.39 is 5.54 Å². The summed E-state index contributed by atoms with van der Waals surface area (Å²) in [6, 6.07) is 0. The lowest BCUT2D eigenvalue weighted by Gasteiger charge is -2.34. The van der Waals surface area contributed by atoms with Crippen LogP contribution in [-0.4, -0.2) is 30.8 Å². The Kier molecular flexibility index (Phi) is 2.74. The minimum atomic E-state index is -0.784. The van der Waals surface area contributed by atoms with Gasteiger partial charge >= 0.3 is 5.97 Å². The average molecular weight is 199 g/mol. The monoisotopic (exact) mass is 199 g/mol. The van der Waals surface area contributed by atoms with Gasteiger partial charge in [-0.1, -0.05) is 0 Å². The van der Waals surface area contributed by atoms with E-state index in [0.29, 0.717) is 26.1 Å². The van der Waals surface area contributed by atoms with Gasteiger partial charge in [-0.05, 0) is 32.1 Å². The van der Waals surface area contributed by atoms with Gasteiger partial charge in [-0.25, -0.2) is 0 Å². The lowest BCUT2D eigenvalue weighted by atomic mass is 9.90. The molecule has 0 atom stereocenters. The average Bonchev–Trinajstić information content (AvgIpc) is 2.12. The van der Waals surface area contributed by atoms with Gasteiger partial charge in [0.1, 0.15) is 11.6 Å². The van der Waals surface area contributed by atoms with Gasteiger partial charge in [0, 0.05) is 13.2 Å². The Morgan fingerprint density at radius 3 is 2.50 bits per heavy atom. The molecule has 0 aromatic rings. The molecular formula is C10H17NO3. The van der Waals surface area contributed by atoms with E-state index in [1.54, 1.807) is 0 Å². The van der Waals surface area contributed by atoms with Crippen LogP contribution in [0.15, 0.2) is 0 Å². The standard InChI is InChI=1S/C10H17NO3/c11-10(4-6-13-7-5-10)9(12)14-8-2-1-3-8/h8H,1-7,11H2. The quantitative estimate of drug-likeness (QED) is 0.661. The molecule has 0 unspecified atom stereocenters. The maximum Gasteiger partial charge on any atom is 0.326 e. The van der Waals surface area contributed by atoms with E-state index in [1.807, 2.05) is 0 Å². The van der Waals surface area contributed by atoms with Crippen molar-refractivity contribution in [1.29, 1.82) is 0 Å². The number of nitrogens with two attached hydrogens (primary N) is 1. The summed E-state index contributed by atoms with van der Waals surface area (Å²) in [6.45, 7) is 1.13. The van der Waals surface area contributed by atoms with Crippen LogP contribution >= 0.6 is 0 Å². The van der Waals surface area contributed by atoms with Gasteiger partial charge in [0.25, 0.3) is 0 Å². The van der Waals surface area contributed by atoms with Crippen molar-refractivity contribution in [2.75, 3.05) is 13.2 Å². The Bertz CT molecular complexity index is 219. The van der Waals surface area contributed by atoms with Gasteiger partial charge in [0.2, 0.25) is 0 Å². The highest BCUT2D eigenvalue weighted by Gasteiger charge is 2.39. The van der Waals surface area contributed by atoms with Crippen LogP contribution < -0.4 is 5.73 Å². The maximum atomic E-state index is 11.7. The summed E-state index contributed by atoms with van der Waals surface area (Å²) in [4.78, 5) is 11.7. The van der Waals surface area contributed by atoms with Crippen LogP contribution in [0.3, 0.4) is 0 Å². The number of hydrogen-bond acceptors (Lipinski definition) is 4. The highest BCUT2D eigenvalue weighted by atomic mass is 16.5. The van der Waals surface area contributed by atoms with E-state index >= 15 is 0 Å². The first-order valence-electron chi connectivity index (χ1n) is 5.28. The van der Waals surface area contributed by atoms with Crippen LogP contribution in [0.4, 0.5) is 0 Å². The lowest BCUT2D eigenvalue weighted by Crippen LogP contribution is -2.54. The highest BCUT2D eigenvalue weighted by Crippen LogP contribution is 2.26. The van der Waals surface area contributed by atoms with Gasteiger partial charge in [0.15, 0.2) is 0 Å². The highest BCUT2D eigenvalue weighted by molar-refractivity contribution is 5.80. The molecule has 0 aromatic carbocycles. The summed E-state index contributed by atoms with van der Waals surface area (Å²) in [7, 11) is 0. The second kappa shape index (κ2) is 3.87.